The first kappa shape index (κ1) is 17.6. The van der Waals surface area contributed by atoms with Gasteiger partial charge in [-0.15, -0.1) is 0 Å². The van der Waals surface area contributed by atoms with Crippen LogP contribution in [0.2, 0.25) is 0 Å². The van der Waals surface area contributed by atoms with Crippen LogP contribution in [0.5, 0.6) is 5.75 Å². The number of hydrogen-bond donors (Lipinski definition) is 2. The van der Waals surface area contributed by atoms with Crippen LogP contribution in [-0.2, 0) is 22.7 Å². The molecule has 0 atom stereocenters. The number of phenolic OH excluding ortho intramolecular Hbond substituents is 1. The maximum absolute atomic E-state index is 10.3. The molecule has 0 fully saturated rings. The number of fused-ring (bicyclic) bond motifs is 1. The van der Waals surface area contributed by atoms with Crippen molar-refractivity contribution < 1.29 is 14.8 Å². The molecule has 0 heterocycles. The summed E-state index contributed by atoms with van der Waals surface area (Å²) in [6, 6.07) is 17.7. The molecular formula is C21H22N2O3. The Morgan fingerprint density at radius 2 is 1.85 bits per heavy atom. The molecule has 0 unspecified atom stereocenters. The molecule has 5 nitrogen and oxygen atoms in total. The smallest absolute Gasteiger partial charge is 0.245 e. The number of nitrogens with one attached hydrogen (secondary N) is 1. The molecule has 3 aromatic carbocycles. The first-order valence-corrected chi connectivity index (χ1v) is 8.54. The van der Waals surface area contributed by atoms with E-state index in [-0.39, 0.29) is 12.4 Å². The minimum Gasteiger partial charge on any atom is -0.507 e. The Morgan fingerprint density at radius 3 is 2.69 bits per heavy atom. The van der Waals surface area contributed by atoms with E-state index in [4.69, 9.17) is 9.68 Å². The van der Waals surface area contributed by atoms with Crippen LogP contribution < -0.4 is 5.48 Å². The van der Waals surface area contributed by atoms with Crippen molar-refractivity contribution in [3.05, 3.63) is 71.3 Å². The van der Waals surface area contributed by atoms with Crippen LogP contribution in [0.15, 0.2) is 59.8 Å². The summed E-state index contributed by atoms with van der Waals surface area (Å²) in [5, 5.41) is 16.2. The summed E-state index contributed by atoms with van der Waals surface area (Å²) in [5.41, 5.74) is 6.39. The van der Waals surface area contributed by atoms with E-state index in [9.17, 15) is 5.11 Å². The number of oxime groups is 1. The molecular weight excluding hydrogens is 328 g/mol. The molecule has 2 N–H and O–H groups in total. The van der Waals surface area contributed by atoms with Crippen molar-refractivity contribution in [3.63, 3.8) is 0 Å². The van der Waals surface area contributed by atoms with Crippen molar-refractivity contribution in [1.29, 1.82) is 0 Å². The van der Waals surface area contributed by atoms with Gasteiger partial charge in [-0.1, -0.05) is 54.5 Å². The van der Waals surface area contributed by atoms with Crippen LogP contribution in [-0.4, -0.2) is 11.5 Å². The number of aromatic hydroxyl groups is 1. The largest absolute Gasteiger partial charge is 0.507 e. The van der Waals surface area contributed by atoms with E-state index in [1.807, 2.05) is 61.5 Å². The summed E-state index contributed by atoms with van der Waals surface area (Å²) < 4.78 is 0. The lowest BCUT2D eigenvalue weighted by atomic mass is 10.0. The number of para-hydroxylation sites is 1. The molecule has 26 heavy (non-hydrogen) atoms. The van der Waals surface area contributed by atoms with E-state index in [2.05, 4.69) is 17.6 Å². The van der Waals surface area contributed by atoms with Crippen LogP contribution >= 0.6 is 0 Å². The summed E-state index contributed by atoms with van der Waals surface area (Å²) >= 11 is 0. The van der Waals surface area contributed by atoms with Crippen LogP contribution in [0.4, 0.5) is 5.69 Å². The minimum atomic E-state index is 0.156. The Labute approximate surface area is 152 Å². The van der Waals surface area contributed by atoms with Gasteiger partial charge in [0.05, 0.1) is 5.69 Å². The molecule has 5 heteroatoms. The van der Waals surface area contributed by atoms with E-state index < -0.39 is 0 Å². The number of rotatable bonds is 7. The Bertz CT molecular complexity index is 922. The number of aryl methyl sites for hydroxylation is 2. The standard InChI is InChI=1S/C21H22N2O3/c1-3-16-8-5-7-11-20(16)23-26-14-22-25-13-18-12-17-9-4-6-10-19(17)15(2)21(18)24/h4-12,14,23-24H,3,13H2,1-2H3. The summed E-state index contributed by atoms with van der Waals surface area (Å²) in [5.74, 6) is 0.231. The maximum atomic E-state index is 10.3. The normalized spacial score (nSPS) is 11.0. The number of nitrogens with zero attached hydrogens (tertiary/aromatic N) is 1. The van der Waals surface area contributed by atoms with Gasteiger partial charge in [0.15, 0.2) is 0 Å². The van der Waals surface area contributed by atoms with E-state index in [0.717, 1.165) is 34.0 Å². The highest BCUT2D eigenvalue weighted by Crippen LogP contribution is 2.30. The fourth-order valence-corrected chi connectivity index (χ4v) is 2.88. The molecule has 0 saturated carbocycles. The Hall–Kier alpha value is -3.21. The third-order valence-electron chi connectivity index (χ3n) is 4.31. The number of anilines is 1. The predicted octanol–water partition coefficient (Wildman–Crippen LogP) is 4.92. The van der Waals surface area contributed by atoms with Gasteiger partial charge >= 0.3 is 0 Å². The van der Waals surface area contributed by atoms with Gasteiger partial charge in [0.1, 0.15) is 12.4 Å². The topological polar surface area (TPSA) is 63.1 Å². The summed E-state index contributed by atoms with van der Waals surface area (Å²) in [7, 11) is 0. The quantitative estimate of drug-likeness (QED) is 0.361. The highest BCUT2D eigenvalue weighted by atomic mass is 16.7. The van der Waals surface area contributed by atoms with Gasteiger partial charge in [-0.25, -0.2) is 5.48 Å². The average molecular weight is 350 g/mol. The summed E-state index contributed by atoms with van der Waals surface area (Å²) in [6.07, 6.45) is 2.10. The molecule has 134 valence electrons. The third kappa shape index (κ3) is 3.88. The van der Waals surface area contributed by atoms with E-state index in [0.29, 0.717) is 5.56 Å². The molecule has 0 radical (unpaired) electrons. The fraction of sp³-hybridized carbons (Fsp3) is 0.190. The van der Waals surface area contributed by atoms with Crippen LogP contribution in [0.3, 0.4) is 0 Å². The van der Waals surface area contributed by atoms with Gasteiger partial charge in [-0.05, 0) is 47.4 Å². The van der Waals surface area contributed by atoms with Gasteiger partial charge in [0.25, 0.3) is 0 Å². The molecule has 0 amide bonds. The second-order valence-electron chi connectivity index (χ2n) is 5.95. The number of hydrogen-bond acceptors (Lipinski definition) is 5. The summed E-state index contributed by atoms with van der Waals surface area (Å²) in [6.45, 7) is 4.13. The van der Waals surface area contributed by atoms with Crippen LogP contribution in [0, 0.1) is 6.92 Å². The van der Waals surface area contributed by atoms with E-state index >= 15 is 0 Å². The molecule has 0 saturated heterocycles. The fourth-order valence-electron chi connectivity index (χ4n) is 2.88. The SMILES string of the molecule is CCc1ccccc1NOC=NOCc1cc2ccccc2c(C)c1O. The van der Waals surface area contributed by atoms with Gasteiger partial charge in [0.2, 0.25) is 6.40 Å². The van der Waals surface area contributed by atoms with Crippen molar-refractivity contribution in [2.24, 2.45) is 5.16 Å². The Morgan fingerprint density at radius 1 is 1.08 bits per heavy atom. The second kappa shape index (κ2) is 8.25. The van der Waals surface area contributed by atoms with Crippen molar-refractivity contribution in [2.45, 2.75) is 26.9 Å². The van der Waals surface area contributed by atoms with Crippen molar-refractivity contribution in [2.75, 3.05) is 5.48 Å². The zero-order valence-corrected chi connectivity index (χ0v) is 14.9. The summed E-state index contributed by atoms with van der Waals surface area (Å²) in [4.78, 5) is 10.4. The van der Waals surface area contributed by atoms with Gasteiger partial charge < -0.3 is 14.8 Å². The van der Waals surface area contributed by atoms with Crippen molar-refractivity contribution in [3.8, 4) is 5.75 Å². The van der Waals surface area contributed by atoms with E-state index in [1.165, 1.54) is 6.40 Å². The predicted molar refractivity (Wildman–Crippen MR) is 104 cm³/mol. The second-order valence-corrected chi connectivity index (χ2v) is 5.95. The van der Waals surface area contributed by atoms with Crippen molar-refractivity contribution >= 4 is 22.9 Å². The lowest BCUT2D eigenvalue weighted by Gasteiger charge is -2.10. The number of benzene rings is 3. The molecule has 0 aliphatic carbocycles. The van der Waals surface area contributed by atoms with E-state index in [1.54, 1.807) is 0 Å². The molecule has 0 bridgehead atoms. The lowest BCUT2D eigenvalue weighted by Crippen LogP contribution is -2.02. The highest BCUT2D eigenvalue weighted by molar-refractivity contribution is 5.88. The first-order valence-electron chi connectivity index (χ1n) is 8.54. The molecule has 0 spiro atoms. The molecule has 0 aromatic heterocycles. The highest BCUT2D eigenvalue weighted by Gasteiger charge is 2.09. The minimum absolute atomic E-state index is 0.156. The zero-order valence-electron chi connectivity index (χ0n) is 14.9. The maximum Gasteiger partial charge on any atom is 0.245 e. The first-order chi connectivity index (χ1) is 12.7. The zero-order chi connectivity index (χ0) is 18.4. The molecule has 0 aliphatic heterocycles. The third-order valence-corrected chi connectivity index (χ3v) is 4.31. The Kier molecular flexibility index (Phi) is 5.59. The Balaban J connectivity index is 1.57. The van der Waals surface area contributed by atoms with Gasteiger partial charge in [-0.3, -0.25) is 0 Å². The molecule has 3 rings (SSSR count). The monoisotopic (exact) mass is 350 g/mol. The van der Waals surface area contributed by atoms with Crippen molar-refractivity contribution in [1.82, 2.24) is 0 Å². The van der Waals surface area contributed by atoms with Crippen LogP contribution in [0.1, 0.15) is 23.6 Å². The average Bonchev–Trinajstić information content (AvgIpc) is 2.68. The number of phenols is 1. The lowest BCUT2D eigenvalue weighted by molar-refractivity contribution is 0.123. The molecule has 3 aromatic rings. The van der Waals surface area contributed by atoms with Gasteiger partial charge in [-0.2, -0.15) is 0 Å². The van der Waals surface area contributed by atoms with Crippen LogP contribution in [0.25, 0.3) is 10.8 Å². The molecule has 0 aliphatic rings. The van der Waals surface area contributed by atoms with Gasteiger partial charge in [0, 0.05) is 5.56 Å².